The number of carbonyl (C=O) groups is 2. The van der Waals surface area contributed by atoms with Gasteiger partial charge in [-0.15, -0.1) is 0 Å². The number of rotatable bonds is 5. The highest BCUT2D eigenvalue weighted by atomic mass is 127. The van der Waals surface area contributed by atoms with Gasteiger partial charge in [0.2, 0.25) is 11.8 Å². The van der Waals surface area contributed by atoms with E-state index in [1.54, 1.807) is 4.90 Å². The van der Waals surface area contributed by atoms with Gasteiger partial charge in [-0.1, -0.05) is 48.2 Å². The van der Waals surface area contributed by atoms with Crippen LogP contribution in [-0.4, -0.2) is 22.2 Å². The van der Waals surface area contributed by atoms with Gasteiger partial charge >= 0.3 is 0 Å². The second kappa shape index (κ2) is 9.44. The van der Waals surface area contributed by atoms with E-state index in [4.69, 9.17) is 0 Å². The Bertz CT molecular complexity index is 1070. The number of carbonyl (C=O) groups excluding carboxylic acids is 2. The van der Waals surface area contributed by atoms with E-state index >= 15 is 0 Å². The smallest absolute Gasteiger partial charge is 0.247 e. The van der Waals surface area contributed by atoms with E-state index in [0.717, 1.165) is 14.9 Å². The number of aliphatic imine (C=N–C) groups is 1. The minimum Gasteiger partial charge on any atom is -0.326 e. The monoisotopic (exact) mass is 527 g/mol. The van der Waals surface area contributed by atoms with Crippen LogP contribution in [0.1, 0.15) is 6.42 Å². The highest BCUT2D eigenvalue weighted by molar-refractivity contribution is 14.1. The molecular weight excluding hydrogens is 509 g/mol. The average Bonchev–Trinajstić information content (AvgIpc) is 3.05. The van der Waals surface area contributed by atoms with Gasteiger partial charge < -0.3 is 5.32 Å². The van der Waals surface area contributed by atoms with Crippen LogP contribution in [0.15, 0.2) is 89.9 Å². The van der Waals surface area contributed by atoms with Crippen LogP contribution in [0.4, 0.5) is 17.1 Å². The summed E-state index contributed by atoms with van der Waals surface area (Å²) < 4.78 is 1.09. The van der Waals surface area contributed by atoms with E-state index < -0.39 is 5.25 Å². The number of amidine groups is 1. The number of para-hydroxylation sites is 2. The van der Waals surface area contributed by atoms with Gasteiger partial charge in [0.15, 0.2) is 5.17 Å². The zero-order valence-electron chi connectivity index (χ0n) is 15.9. The van der Waals surface area contributed by atoms with Crippen molar-refractivity contribution in [3.8, 4) is 0 Å². The number of anilines is 2. The topological polar surface area (TPSA) is 61.8 Å². The molecule has 0 bridgehead atoms. The Morgan fingerprint density at radius 2 is 1.60 bits per heavy atom. The highest BCUT2D eigenvalue weighted by Crippen LogP contribution is 2.35. The van der Waals surface area contributed by atoms with Crippen molar-refractivity contribution in [1.29, 1.82) is 0 Å². The second-order valence-electron chi connectivity index (χ2n) is 6.60. The molecular formula is C23H18IN3O2S. The summed E-state index contributed by atoms with van der Waals surface area (Å²) in [7, 11) is 0. The van der Waals surface area contributed by atoms with E-state index in [9.17, 15) is 9.59 Å². The Morgan fingerprint density at radius 3 is 2.27 bits per heavy atom. The fourth-order valence-corrected chi connectivity index (χ4v) is 4.53. The maximum Gasteiger partial charge on any atom is 0.247 e. The fourth-order valence-electron chi connectivity index (χ4n) is 3.02. The lowest BCUT2D eigenvalue weighted by Gasteiger charge is -2.16. The zero-order chi connectivity index (χ0) is 20.9. The number of halogens is 1. The van der Waals surface area contributed by atoms with Crippen molar-refractivity contribution in [3.05, 3.63) is 88.5 Å². The number of nitrogens with one attached hydrogen (secondary N) is 1. The van der Waals surface area contributed by atoms with Crippen LogP contribution < -0.4 is 10.2 Å². The normalized spacial score (nSPS) is 17.4. The van der Waals surface area contributed by atoms with Gasteiger partial charge in [0, 0.05) is 15.7 Å². The molecule has 150 valence electrons. The Morgan fingerprint density at radius 1 is 0.967 bits per heavy atom. The molecule has 3 aromatic carbocycles. The molecule has 1 fully saturated rings. The molecule has 0 saturated carbocycles. The van der Waals surface area contributed by atoms with Crippen molar-refractivity contribution in [2.45, 2.75) is 11.7 Å². The van der Waals surface area contributed by atoms with Gasteiger partial charge in [-0.3, -0.25) is 14.5 Å². The quantitative estimate of drug-likeness (QED) is 0.449. The van der Waals surface area contributed by atoms with Crippen LogP contribution in [0.3, 0.4) is 0 Å². The molecule has 1 heterocycles. The van der Waals surface area contributed by atoms with Crippen molar-refractivity contribution in [2.24, 2.45) is 4.99 Å². The molecule has 1 aliphatic rings. The van der Waals surface area contributed by atoms with Gasteiger partial charge in [0.25, 0.3) is 0 Å². The van der Waals surface area contributed by atoms with Gasteiger partial charge in [0.05, 0.1) is 11.4 Å². The number of nitrogens with zero attached hydrogens (tertiary/aromatic N) is 2. The van der Waals surface area contributed by atoms with Crippen molar-refractivity contribution < 1.29 is 9.59 Å². The number of hydrogen-bond donors (Lipinski definition) is 1. The largest absolute Gasteiger partial charge is 0.326 e. The summed E-state index contributed by atoms with van der Waals surface area (Å²) in [5.41, 5.74) is 2.22. The lowest BCUT2D eigenvalue weighted by molar-refractivity contribution is -0.121. The van der Waals surface area contributed by atoms with Crippen molar-refractivity contribution >= 4 is 68.4 Å². The van der Waals surface area contributed by atoms with E-state index in [-0.39, 0.29) is 18.2 Å². The predicted molar refractivity (Wildman–Crippen MR) is 131 cm³/mol. The maximum absolute atomic E-state index is 13.2. The third-order valence-corrected chi connectivity index (χ3v) is 6.29. The third-order valence-electron chi connectivity index (χ3n) is 4.43. The summed E-state index contributed by atoms with van der Waals surface area (Å²) in [5.74, 6) is -0.338. The number of hydrogen-bond acceptors (Lipinski definition) is 4. The summed E-state index contributed by atoms with van der Waals surface area (Å²) in [4.78, 5) is 32.0. The summed E-state index contributed by atoms with van der Waals surface area (Å²) in [6.45, 7) is 0. The molecule has 1 aliphatic heterocycles. The summed E-state index contributed by atoms with van der Waals surface area (Å²) in [6, 6.07) is 26.4. The van der Waals surface area contributed by atoms with Gasteiger partial charge in [-0.2, -0.15) is 0 Å². The van der Waals surface area contributed by atoms with Crippen molar-refractivity contribution in [2.75, 3.05) is 10.2 Å². The summed E-state index contributed by atoms with van der Waals surface area (Å²) >= 11 is 3.53. The fraction of sp³-hybridized carbons (Fsp3) is 0.0870. The van der Waals surface area contributed by atoms with Crippen LogP contribution in [0, 0.1) is 3.57 Å². The molecule has 1 saturated heterocycles. The van der Waals surface area contributed by atoms with Gasteiger partial charge in [-0.05, 0) is 71.1 Å². The molecule has 0 unspecified atom stereocenters. The number of benzene rings is 3. The first-order valence-electron chi connectivity index (χ1n) is 9.35. The predicted octanol–water partition coefficient (Wildman–Crippen LogP) is 5.46. The third kappa shape index (κ3) is 4.91. The molecule has 3 aromatic rings. The van der Waals surface area contributed by atoms with E-state index in [1.807, 2.05) is 84.9 Å². The van der Waals surface area contributed by atoms with E-state index in [0.29, 0.717) is 10.9 Å². The lowest BCUT2D eigenvalue weighted by atomic mass is 10.2. The van der Waals surface area contributed by atoms with E-state index in [1.165, 1.54) is 11.8 Å². The standard InChI is InChI=1S/C23H18IN3O2S/c24-16-11-13-18(14-12-16)25-21(28)15-20-22(29)27(19-9-5-2-6-10-19)23(30-20)26-17-7-3-1-4-8-17/h1-14,20H,15H2,(H,25,28)/t20-/m0/s1. The molecule has 0 aliphatic carbocycles. The zero-order valence-corrected chi connectivity index (χ0v) is 18.8. The molecule has 1 atom stereocenters. The van der Waals surface area contributed by atoms with Crippen LogP contribution >= 0.6 is 34.4 Å². The highest BCUT2D eigenvalue weighted by Gasteiger charge is 2.40. The van der Waals surface area contributed by atoms with Crippen LogP contribution in [0.5, 0.6) is 0 Å². The minimum atomic E-state index is -0.531. The Kier molecular flexibility index (Phi) is 6.49. The van der Waals surface area contributed by atoms with Gasteiger partial charge in [0.1, 0.15) is 5.25 Å². The molecule has 2 amide bonds. The second-order valence-corrected chi connectivity index (χ2v) is 9.02. The molecule has 0 radical (unpaired) electrons. The van der Waals surface area contributed by atoms with Gasteiger partial charge in [-0.25, -0.2) is 4.99 Å². The summed E-state index contributed by atoms with van der Waals surface area (Å²) in [5, 5.41) is 2.91. The van der Waals surface area contributed by atoms with E-state index in [2.05, 4.69) is 32.9 Å². The molecule has 0 aromatic heterocycles. The molecule has 5 nitrogen and oxygen atoms in total. The number of amides is 2. The first kappa shape index (κ1) is 20.6. The first-order valence-corrected chi connectivity index (χ1v) is 11.3. The van der Waals surface area contributed by atoms with Crippen molar-refractivity contribution in [3.63, 3.8) is 0 Å². The molecule has 7 heteroatoms. The first-order chi connectivity index (χ1) is 14.6. The van der Waals surface area contributed by atoms with Crippen LogP contribution in [0.2, 0.25) is 0 Å². The Labute approximate surface area is 192 Å². The Hall–Kier alpha value is -2.65. The molecule has 1 N–H and O–H groups in total. The molecule has 0 spiro atoms. The average molecular weight is 527 g/mol. The van der Waals surface area contributed by atoms with Crippen molar-refractivity contribution in [1.82, 2.24) is 0 Å². The van der Waals surface area contributed by atoms with Crippen LogP contribution in [0.25, 0.3) is 0 Å². The maximum atomic E-state index is 13.2. The SMILES string of the molecule is O=C(C[C@@H]1SC(=Nc2ccccc2)N(c2ccccc2)C1=O)Nc1ccc(I)cc1. The van der Waals surface area contributed by atoms with Crippen LogP contribution in [-0.2, 0) is 9.59 Å². The molecule has 4 rings (SSSR count). The lowest BCUT2D eigenvalue weighted by Crippen LogP contribution is -2.33. The summed E-state index contributed by atoms with van der Waals surface area (Å²) in [6.07, 6.45) is 0.0760. The Balaban J connectivity index is 1.56. The minimum absolute atomic E-state index is 0.0760. The molecule has 30 heavy (non-hydrogen) atoms. The number of thioether (sulfide) groups is 1.